The molecule has 4 nitrogen and oxygen atoms in total. The van der Waals surface area contributed by atoms with Gasteiger partial charge in [-0.05, 0) is 36.2 Å². The molecular weight excluding hydrogens is 362 g/mol. The number of sulfonamides is 1. The van der Waals surface area contributed by atoms with Gasteiger partial charge >= 0.3 is 6.18 Å². The van der Waals surface area contributed by atoms with Gasteiger partial charge in [0.05, 0.1) is 11.4 Å². The SMILES string of the molecule is Cc1cc(S(=O)(=O)NCC(O)(c2ccccc2)C(F)(F)F)ccc1F. The van der Waals surface area contributed by atoms with Crippen molar-refractivity contribution in [1.82, 2.24) is 4.72 Å². The lowest BCUT2D eigenvalue weighted by Crippen LogP contribution is -2.51. The predicted octanol–water partition coefficient (Wildman–Crippen LogP) is 2.86. The fourth-order valence-corrected chi connectivity index (χ4v) is 3.29. The summed E-state index contributed by atoms with van der Waals surface area (Å²) in [6.07, 6.45) is -5.12. The number of hydrogen-bond donors (Lipinski definition) is 2. The molecule has 2 aromatic rings. The minimum atomic E-state index is -5.12. The van der Waals surface area contributed by atoms with E-state index in [9.17, 15) is 31.1 Å². The number of benzene rings is 2. The standard InChI is InChI=1S/C16H15F4NO3S/c1-11-9-13(7-8-14(11)17)25(23,24)21-10-15(22,16(18,19)20)12-5-3-2-4-6-12/h2-9,21-22H,10H2,1H3. The van der Waals surface area contributed by atoms with Crippen LogP contribution in [0.15, 0.2) is 53.4 Å². The van der Waals surface area contributed by atoms with Gasteiger partial charge < -0.3 is 5.11 Å². The molecule has 0 fully saturated rings. The van der Waals surface area contributed by atoms with Gasteiger partial charge in [0.15, 0.2) is 5.60 Å². The van der Waals surface area contributed by atoms with Gasteiger partial charge in [0.1, 0.15) is 5.82 Å². The van der Waals surface area contributed by atoms with E-state index < -0.39 is 44.6 Å². The molecule has 0 aliphatic carbocycles. The lowest BCUT2D eigenvalue weighted by Gasteiger charge is -2.31. The largest absolute Gasteiger partial charge is 0.422 e. The van der Waals surface area contributed by atoms with Crippen LogP contribution in [0.2, 0.25) is 0 Å². The van der Waals surface area contributed by atoms with Gasteiger partial charge in [-0.25, -0.2) is 17.5 Å². The van der Waals surface area contributed by atoms with E-state index in [1.807, 2.05) is 0 Å². The van der Waals surface area contributed by atoms with Crippen LogP contribution in [-0.2, 0) is 15.6 Å². The van der Waals surface area contributed by atoms with Crippen LogP contribution < -0.4 is 4.72 Å². The van der Waals surface area contributed by atoms with Crippen LogP contribution in [0.5, 0.6) is 0 Å². The monoisotopic (exact) mass is 377 g/mol. The number of alkyl halides is 3. The second kappa shape index (κ2) is 6.74. The molecule has 1 atom stereocenters. The molecule has 25 heavy (non-hydrogen) atoms. The molecule has 0 bridgehead atoms. The molecule has 0 heterocycles. The summed E-state index contributed by atoms with van der Waals surface area (Å²) < 4.78 is 79.4. The van der Waals surface area contributed by atoms with Crippen molar-refractivity contribution >= 4 is 10.0 Å². The molecule has 1 unspecified atom stereocenters. The molecule has 0 aromatic heterocycles. The average molecular weight is 377 g/mol. The lowest BCUT2D eigenvalue weighted by molar-refractivity contribution is -0.263. The maximum absolute atomic E-state index is 13.4. The zero-order chi connectivity index (χ0) is 18.9. The van der Waals surface area contributed by atoms with Crippen molar-refractivity contribution in [3.63, 3.8) is 0 Å². The Labute approximate surface area is 142 Å². The first-order valence-corrected chi connectivity index (χ1v) is 8.56. The second-order valence-corrected chi connectivity index (χ2v) is 7.23. The highest BCUT2D eigenvalue weighted by Gasteiger charge is 2.55. The molecule has 2 N–H and O–H groups in total. The third-order valence-electron chi connectivity index (χ3n) is 3.68. The quantitative estimate of drug-likeness (QED) is 0.788. The van der Waals surface area contributed by atoms with Crippen molar-refractivity contribution in [2.45, 2.75) is 23.6 Å². The van der Waals surface area contributed by atoms with Crippen LogP contribution in [0.3, 0.4) is 0 Å². The van der Waals surface area contributed by atoms with E-state index in [1.54, 1.807) is 4.72 Å². The fourth-order valence-electron chi connectivity index (χ4n) is 2.15. The van der Waals surface area contributed by atoms with Crippen LogP contribution in [0.25, 0.3) is 0 Å². The predicted molar refractivity (Wildman–Crippen MR) is 82.7 cm³/mol. The van der Waals surface area contributed by atoms with Crippen molar-refractivity contribution in [3.8, 4) is 0 Å². The highest BCUT2D eigenvalue weighted by atomic mass is 32.2. The highest BCUT2D eigenvalue weighted by Crippen LogP contribution is 2.38. The summed E-state index contributed by atoms with van der Waals surface area (Å²) in [5, 5.41) is 10.1. The maximum Gasteiger partial charge on any atom is 0.422 e. The smallest absolute Gasteiger partial charge is 0.375 e. The lowest BCUT2D eigenvalue weighted by atomic mass is 9.93. The number of aryl methyl sites for hydroxylation is 1. The first kappa shape index (κ1) is 19.4. The Balaban J connectivity index is 2.33. The molecule has 0 saturated carbocycles. The van der Waals surface area contributed by atoms with E-state index in [0.717, 1.165) is 30.3 Å². The third kappa shape index (κ3) is 4.00. The van der Waals surface area contributed by atoms with Gasteiger partial charge in [-0.1, -0.05) is 30.3 Å². The molecule has 0 aliphatic rings. The molecule has 0 amide bonds. The summed E-state index contributed by atoms with van der Waals surface area (Å²) in [6, 6.07) is 8.97. The molecular formula is C16H15F4NO3S. The van der Waals surface area contributed by atoms with Crippen molar-refractivity contribution in [1.29, 1.82) is 0 Å². The summed E-state index contributed by atoms with van der Waals surface area (Å²) in [6.45, 7) is 0.00362. The third-order valence-corrected chi connectivity index (χ3v) is 5.08. The highest BCUT2D eigenvalue weighted by molar-refractivity contribution is 7.89. The van der Waals surface area contributed by atoms with Crippen molar-refractivity contribution in [2.75, 3.05) is 6.54 Å². The van der Waals surface area contributed by atoms with E-state index in [4.69, 9.17) is 0 Å². The summed E-state index contributed by atoms with van der Waals surface area (Å²) in [5.74, 6) is -0.643. The number of halogens is 4. The number of aliphatic hydroxyl groups is 1. The van der Waals surface area contributed by atoms with Crippen LogP contribution >= 0.6 is 0 Å². The topological polar surface area (TPSA) is 66.4 Å². The Kier molecular flexibility index (Phi) is 5.22. The fraction of sp³-hybridized carbons (Fsp3) is 0.250. The van der Waals surface area contributed by atoms with Gasteiger partial charge in [0.2, 0.25) is 10.0 Å². The molecule has 2 rings (SSSR count). The van der Waals surface area contributed by atoms with Gasteiger partial charge in [-0.3, -0.25) is 0 Å². The number of nitrogens with one attached hydrogen (secondary N) is 1. The van der Waals surface area contributed by atoms with E-state index in [2.05, 4.69) is 0 Å². The molecule has 0 radical (unpaired) electrons. The molecule has 0 spiro atoms. The maximum atomic E-state index is 13.4. The second-order valence-electron chi connectivity index (χ2n) is 5.46. The molecule has 136 valence electrons. The Morgan fingerprint density at radius 3 is 2.20 bits per heavy atom. The zero-order valence-corrected chi connectivity index (χ0v) is 13.8. The van der Waals surface area contributed by atoms with Gasteiger partial charge in [0, 0.05) is 0 Å². The summed E-state index contributed by atoms with van der Waals surface area (Å²) in [5.41, 5.74) is -3.88. The summed E-state index contributed by atoms with van der Waals surface area (Å²) in [4.78, 5) is -0.399. The average Bonchev–Trinajstić information content (AvgIpc) is 2.55. The van der Waals surface area contributed by atoms with E-state index in [-0.39, 0.29) is 5.56 Å². The molecule has 0 saturated heterocycles. The first-order valence-electron chi connectivity index (χ1n) is 7.08. The zero-order valence-electron chi connectivity index (χ0n) is 13.0. The van der Waals surface area contributed by atoms with Crippen LogP contribution in [-0.4, -0.2) is 26.2 Å². The normalized spacial score (nSPS) is 15.0. The molecule has 0 aliphatic heterocycles. The first-order chi connectivity index (χ1) is 11.5. The van der Waals surface area contributed by atoms with Crippen molar-refractivity contribution < 1.29 is 31.1 Å². The summed E-state index contributed by atoms with van der Waals surface area (Å²) >= 11 is 0. The summed E-state index contributed by atoms with van der Waals surface area (Å²) in [7, 11) is -4.38. The Morgan fingerprint density at radius 1 is 1.08 bits per heavy atom. The van der Waals surface area contributed by atoms with Crippen molar-refractivity contribution in [2.24, 2.45) is 0 Å². The van der Waals surface area contributed by atoms with Crippen LogP contribution in [0.1, 0.15) is 11.1 Å². The van der Waals surface area contributed by atoms with Crippen LogP contribution in [0.4, 0.5) is 17.6 Å². The van der Waals surface area contributed by atoms with Gasteiger partial charge in [-0.15, -0.1) is 0 Å². The minimum absolute atomic E-state index is 0.0250. The van der Waals surface area contributed by atoms with Gasteiger partial charge in [0.25, 0.3) is 0 Å². The van der Waals surface area contributed by atoms with E-state index in [0.29, 0.717) is 0 Å². The van der Waals surface area contributed by atoms with Crippen molar-refractivity contribution in [3.05, 3.63) is 65.5 Å². The van der Waals surface area contributed by atoms with E-state index >= 15 is 0 Å². The minimum Gasteiger partial charge on any atom is -0.375 e. The van der Waals surface area contributed by atoms with E-state index in [1.165, 1.54) is 25.1 Å². The Morgan fingerprint density at radius 2 is 1.68 bits per heavy atom. The Bertz CT molecular complexity index is 853. The van der Waals surface area contributed by atoms with Crippen LogP contribution in [0, 0.1) is 12.7 Å². The van der Waals surface area contributed by atoms with Gasteiger partial charge in [-0.2, -0.15) is 13.2 Å². The number of rotatable bonds is 5. The molecule has 9 heteroatoms. The number of hydrogen-bond acceptors (Lipinski definition) is 3. The molecule has 2 aromatic carbocycles. The Hall–Kier alpha value is -1.97.